The molecule has 21 heavy (non-hydrogen) atoms. The van der Waals surface area contributed by atoms with Gasteiger partial charge in [-0.2, -0.15) is 0 Å². The van der Waals surface area contributed by atoms with E-state index in [2.05, 4.69) is 10.6 Å². The number of fused-ring (bicyclic) bond motifs is 1. The molecule has 1 heterocycles. The highest BCUT2D eigenvalue weighted by molar-refractivity contribution is 5.82. The van der Waals surface area contributed by atoms with Crippen molar-refractivity contribution in [3.8, 4) is 22.9 Å². The van der Waals surface area contributed by atoms with Crippen molar-refractivity contribution in [2.45, 2.75) is 18.9 Å². The monoisotopic (exact) mass is 280 g/mol. The summed E-state index contributed by atoms with van der Waals surface area (Å²) in [7, 11) is 1.66. The molecule has 3 aromatic rings. The van der Waals surface area contributed by atoms with E-state index in [-0.39, 0.29) is 5.75 Å². The molecular weight excluding hydrogens is 264 g/mol. The summed E-state index contributed by atoms with van der Waals surface area (Å²) in [5.74, 6) is 1.99. The van der Waals surface area contributed by atoms with Gasteiger partial charge >= 0.3 is 0 Å². The maximum absolute atomic E-state index is 9.72. The van der Waals surface area contributed by atoms with Gasteiger partial charge in [0.2, 0.25) is 0 Å². The van der Waals surface area contributed by atoms with Gasteiger partial charge in [0.1, 0.15) is 17.3 Å². The first-order chi connectivity index (χ1) is 10.3. The molecule has 0 aliphatic heterocycles. The lowest BCUT2D eigenvalue weighted by Crippen LogP contribution is -1.97. The Bertz CT molecular complexity index is 819. The van der Waals surface area contributed by atoms with Gasteiger partial charge in [0.05, 0.1) is 18.1 Å². The summed E-state index contributed by atoms with van der Waals surface area (Å²) < 4.78 is 7.56. The molecule has 0 atom stereocenters. The molecule has 1 aliphatic carbocycles. The minimum absolute atomic E-state index is 0.263. The van der Waals surface area contributed by atoms with Gasteiger partial charge in [0.25, 0.3) is 0 Å². The van der Waals surface area contributed by atoms with E-state index in [9.17, 15) is 5.11 Å². The molecule has 2 aromatic carbocycles. The number of imidazole rings is 1. The van der Waals surface area contributed by atoms with Gasteiger partial charge in [-0.1, -0.05) is 12.1 Å². The fourth-order valence-corrected chi connectivity index (χ4v) is 2.76. The molecule has 1 fully saturated rings. The molecule has 0 spiro atoms. The van der Waals surface area contributed by atoms with Crippen LogP contribution in [-0.4, -0.2) is 21.8 Å². The standard InChI is InChI=1S/C17H16N2O2/c1-21-14-7-8-16-15(10-14)18-17(19(16)12-5-6-12)11-3-2-4-13(20)9-11/h2-4,7-10,12,20H,5-6H2,1H3. The summed E-state index contributed by atoms with van der Waals surface area (Å²) >= 11 is 0. The van der Waals surface area contributed by atoms with Crippen molar-refractivity contribution < 1.29 is 9.84 Å². The van der Waals surface area contributed by atoms with Crippen LogP contribution in [0.4, 0.5) is 0 Å². The Labute approximate surface area is 122 Å². The second kappa shape index (κ2) is 4.52. The molecule has 0 radical (unpaired) electrons. The zero-order valence-corrected chi connectivity index (χ0v) is 11.8. The quantitative estimate of drug-likeness (QED) is 0.794. The average molecular weight is 280 g/mol. The molecule has 4 rings (SSSR count). The van der Waals surface area contributed by atoms with Crippen molar-refractivity contribution in [1.29, 1.82) is 0 Å². The lowest BCUT2D eigenvalue weighted by Gasteiger charge is -2.08. The second-order valence-corrected chi connectivity index (χ2v) is 5.44. The van der Waals surface area contributed by atoms with Gasteiger partial charge in [-0.05, 0) is 37.1 Å². The average Bonchev–Trinajstić information content (AvgIpc) is 3.26. The Morgan fingerprint density at radius 1 is 1.19 bits per heavy atom. The molecule has 0 saturated heterocycles. The van der Waals surface area contributed by atoms with Crippen molar-refractivity contribution in [3.63, 3.8) is 0 Å². The van der Waals surface area contributed by atoms with E-state index >= 15 is 0 Å². The van der Waals surface area contributed by atoms with E-state index in [1.54, 1.807) is 19.2 Å². The number of nitrogens with zero attached hydrogens (tertiary/aromatic N) is 2. The molecule has 4 heteroatoms. The highest BCUT2D eigenvalue weighted by Crippen LogP contribution is 2.42. The molecule has 1 N–H and O–H groups in total. The third-order valence-electron chi connectivity index (χ3n) is 3.91. The second-order valence-electron chi connectivity index (χ2n) is 5.44. The van der Waals surface area contributed by atoms with Crippen molar-refractivity contribution >= 4 is 11.0 Å². The number of phenolic OH excluding ortho intramolecular Hbond substituents is 1. The van der Waals surface area contributed by atoms with E-state index in [1.807, 2.05) is 24.3 Å². The van der Waals surface area contributed by atoms with Crippen molar-refractivity contribution in [2.75, 3.05) is 7.11 Å². The van der Waals surface area contributed by atoms with Gasteiger partial charge in [-0.15, -0.1) is 0 Å². The topological polar surface area (TPSA) is 47.3 Å². The first-order valence-corrected chi connectivity index (χ1v) is 7.11. The predicted octanol–water partition coefficient (Wildman–Crippen LogP) is 3.75. The van der Waals surface area contributed by atoms with Crippen LogP contribution in [0.5, 0.6) is 11.5 Å². The zero-order chi connectivity index (χ0) is 14.4. The van der Waals surface area contributed by atoms with E-state index in [0.29, 0.717) is 6.04 Å². The molecule has 106 valence electrons. The maximum Gasteiger partial charge on any atom is 0.141 e. The summed E-state index contributed by atoms with van der Waals surface area (Å²) in [5.41, 5.74) is 2.99. The fourth-order valence-electron chi connectivity index (χ4n) is 2.76. The molecule has 0 amide bonds. The smallest absolute Gasteiger partial charge is 0.141 e. The Morgan fingerprint density at radius 3 is 2.76 bits per heavy atom. The van der Waals surface area contributed by atoms with Gasteiger partial charge in [0, 0.05) is 17.7 Å². The maximum atomic E-state index is 9.72. The van der Waals surface area contributed by atoms with E-state index < -0.39 is 0 Å². The highest BCUT2D eigenvalue weighted by atomic mass is 16.5. The highest BCUT2D eigenvalue weighted by Gasteiger charge is 2.28. The predicted molar refractivity (Wildman–Crippen MR) is 81.7 cm³/mol. The first kappa shape index (κ1) is 12.3. The Hall–Kier alpha value is -2.49. The van der Waals surface area contributed by atoms with Crippen molar-refractivity contribution in [1.82, 2.24) is 9.55 Å². The minimum atomic E-state index is 0.263. The van der Waals surface area contributed by atoms with Gasteiger partial charge in [-0.25, -0.2) is 4.98 Å². The summed E-state index contributed by atoms with van der Waals surface area (Å²) in [5, 5.41) is 9.72. The van der Waals surface area contributed by atoms with Crippen LogP contribution in [0.2, 0.25) is 0 Å². The summed E-state index contributed by atoms with van der Waals surface area (Å²) in [6.07, 6.45) is 2.37. The van der Waals surface area contributed by atoms with Crippen LogP contribution in [0, 0.1) is 0 Å². The molecular formula is C17H16N2O2. The van der Waals surface area contributed by atoms with Crippen molar-refractivity contribution in [3.05, 3.63) is 42.5 Å². The third kappa shape index (κ3) is 2.03. The number of rotatable bonds is 3. The van der Waals surface area contributed by atoms with Crippen LogP contribution >= 0.6 is 0 Å². The molecule has 1 saturated carbocycles. The summed E-state index contributed by atoms with van der Waals surface area (Å²) in [6.45, 7) is 0. The van der Waals surface area contributed by atoms with Crippen LogP contribution in [0.15, 0.2) is 42.5 Å². The SMILES string of the molecule is COc1ccc2c(c1)nc(-c1cccc(O)c1)n2C1CC1. The number of aromatic hydroxyl groups is 1. The third-order valence-corrected chi connectivity index (χ3v) is 3.91. The van der Waals surface area contributed by atoms with Crippen LogP contribution < -0.4 is 4.74 Å². The molecule has 1 aromatic heterocycles. The number of benzene rings is 2. The van der Waals surface area contributed by atoms with Crippen LogP contribution in [-0.2, 0) is 0 Å². The lowest BCUT2D eigenvalue weighted by atomic mass is 10.2. The largest absolute Gasteiger partial charge is 0.508 e. The normalized spacial score (nSPS) is 14.5. The molecule has 0 unspecified atom stereocenters. The molecule has 1 aliphatic rings. The summed E-state index contributed by atoms with van der Waals surface area (Å²) in [6, 6.07) is 13.8. The van der Waals surface area contributed by atoms with Crippen LogP contribution in [0.3, 0.4) is 0 Å². The lowest BCUT2D eigenvalue weighted by molar-refractivity contribution is 0.415. The van der Waals surface area contributed by atoms with Crippen molar-refractivity contribution in [2.24, 2.45) is 0 Å². The molecule has 4 nitrogen and oxygen atoms in total. The number of hydrogen-bond acceptors (Lipinski definition) is 3. The van der Waals surface area contributed by atoms with Gasteiger partial charge < -0.3 is 14.4 Å². The van der Waals surface area contributed by atoms with E-state index in [0.717, 1.165) is 28.2 Å². The number of ether oxygens (including phenoxy) is 1. The Kier molecular flexibility index (Phi) is 2.64. The zero-order valence-electron chi connectivity index (χ0n) is 11.8. The first-order valence-electron chi connectivity index (χ1n) is 7.11. The fraction of sp³-hybridized carbons (Fsp3) is 0.235. The number of hydrogen-bond donors (Lipinski definition) is 1. The van der Waals surface area contributed by atoms with Crippen LogP contribution in [0.25, 0.3) is 22.4 Å². The van der Waals surface area contributed by atoms with E-state index in [4.69, 9.17) is 9.72 Å². The summed E-state index contributed by atoms with van der Waals surface area (Å²) in [4.78, 5) is 4.77. The van der Waals surface area contributed by atoms with Gasteiger partial charge in [0.15, 0.2) is 0 Å². The van der Waals surface area contributed by atoms with Gasteiger partial charge in [-0.3, -0.25) is 0 Å². The number of phenols is 1. The van der Waals surface area contributed by atoms with Crippen LogP contribution in [0.1, 0.15) is 18.9 Å². The Morgan fingerprint density at radius 2 is 2.05 bits per heavy atom. The van der Waals surface area contributed by atoms with E-state index in [1.165, 1.54) is 12.8 Å². The number of methoxy groups -OCH3 is 1. The Balaban J connectivity index is 1.97. The number of aromatic nitrogens is 2. The minimum Gasteiger partial charge on any atom is -0.508 e. The molecule has 0 bridgehead atoms.